The Morgan fingerprint density at radius 3 is 2.05 bits per heavy atom. The third kappa shape index (κ3) is 6.68. The van der Waals surface area contributed by atoms with E-state index in [2.05, 4.69) is 18.7 Å². The summed E-state index contributed by atoms with van der Waals surface area (Å²) in [5, 5.41) is 0.325. The first-order valence-corrected chi connectivity index (χ1v) is 13.2. The average Bonchev–Trinajstić information content (AvgIpc) is 2.89. The van der Waals surface area contributed by atoms with Gasteiger partial charge in [0.1, 0.15) is 29.1 Å². The zero-order valence-electron chi connectivity index (χ0n) is 22.8. The summed E-state index contributed by atoms with van der Waals surface area (Å²) in [6, 6.07) is 8.89. The lowest BCUT2D eigenvalue weighted by Gasteiger charge is -2.19. The van der Waals surface area contributed by atoms with Crippen molar-refractivity contribution in [3.63, 3.8) is 0 Å². The fourth-order valence-electron chi connectivity index (χ4n) is 4.09. The largest absolute Gasteiger partial charge is 0.494 e. The van der Waals surface area contributed by atoms with Crippen molar-refractivity contribution in [3.05, 3.63) is 40.6 Å². The highest BCUT2D eigenvalue weighted by Crippen LogP contribution is 2.39. The molecule has 0 aliphatic rings. The minimum Gasteiger partial charge on any atom is -0.494 e. The Morgan fingerprint density at radius 2 is 1.41 bits per heavy atom. The van der Waals surface area contributed by atoms with Crippen LogP contribution in [0.5, 0.6) is 28.7 Å². The van der Waals surface area contributed by atoms with Gasteiger partial charge >= 0.3 is 0 Å². The van der Waals surface area contributed by atoms with E-state index >= 15 is 0 Å². The van der Waals surface area contributed by atoms with E-state index in [-0.39, 0.29) is 11.2 Å². The first kappa shape index (κ1) is 28.2. The molecule has 8 nitrogen and oxygen atoms in total. The topological polar surface area (TPSA) is 79.6 Å². The predicted molar refractivity (Wildman–Crippen MR) is 146 cm³/mol. The first-order chi connectivity index (χ1) is 18.0. The van der Waals surface area contributed by atoms with E-state index in [9.17, 15) is 4.79 Å². The van der Waals surface area contributed by atoms with Crippen LogP contribution in [-0.2, 0) is 0 Å². The van der Waals surface area contributed by atoms with Crippen LogP contribution in [0.15, 0.2) is 39.5 Å². The van der Waals surface area contributed by atoms with Gasteiger partial charge in [-0.2, -0.15) is 0 Å². The first-order valence-electron chi connectivity index (χ1n) is 13.2. The van der Waals surface area contributed by atoms with Gasteiger partial charge in [-0.25, -0.2) is 0 Å². The van der Waals surface area contributed by atoms with E-state index < -0.39 is 0 Å². The van der Waals surface area contributed by atoms with Crippen molar-refractivity contribution in [2.75, 3.05) is 52.7 Å². The molecule has 0 saturated heterocycles. The lowest BCUT2D eigenvalue weighted by Crippen LogP contribution is -2.28. The molecule has 2 aromatic carbocycles. The molecule has 8 heteroatoms. The molecule has 0 saturated carbocycles. The van der Waals surface area contributed by atoms with Crippen molar-refractivity contribution in [1.29, 1.82) is 0 Å². The zero-order valence-corrected chi connectivity index (χ0v) is 22.8. The highest BCUT2D eigenvalue weighted by Gasteiger charge is 2.23. The number of hydrogen-bond acceptors (Lipinski definition) is 8. The lowest BCUT2D eigenvalue weighted by atomic mass is 10.1. The van der Waals surface area contributed by atoms with E-state index in [0.717, 1.165) is 19.6 Å². The molecule has 0 unspecified atom stereocenters. The highest BCUT2D eigenvalue weighted by molar-refractivity contribution is 5.88. The second-order valence-corrected chi connectivity index (χ2v) is 8.15. The number of ether oxygens (including phenoxy) is 5. The van der Waals surface area contributed by atoms with Crippen LogP contribution in [-0.4, -0.2) is 57.6 Å². The molecular formula is C29H39NO7. The van der Waals surface area contributed by atoms with Gasteiger partial charge in [0, 0.05) is 24.2 Å². The molecule has 0 radical (unpaired) electrons. The standard InChI is InChI=1S/C29H39NO7/c1-7-30(8-2)15-16-36-24-18-21(32-9-3)19-25-26(24)27(31)29(35-12-6)28(37-25)20-13-14-22(33-10-4)23(17-20)34-11-5/h13-14,17-19H,7-12,15-16H2,1-6H3. The number of nitrogens with zero attached hydrogens (tertiary/aromatic N) is 1. The van der Waals surface area contributed by atoms with Crippen molar-refractivity contribution in [1.82, 2.24) is 4.90 Å². The Bertz CT molecular complexity index is 1220. The van der Waals surface area contributed by atoms with Crippen molar-refractivity contribution in [2.24, 2.45) is 0 Å². The summed E-state index contributed by atoms with van der Waals surface area (Å²) in [7, 11) is 0. The van der Waals surface area contributed by atoms with Crippen LogP contribution < -0.4 is 29.1 Å². The third-order valence-corrected chi connectivity index (χ3v) is 5.86. The molecule has 1 aromatic heterocycles. The van der Waals surface area contributed by atoms with Crippen molar-refractivity contribution >= 4 is 11.0 Å². The number of rotatable bonds is 15. The normalized spacial score (nSPS) is 11.1. The van der Waals surface area contributed by atoms with Gasteiger partial charge in [0.2, 0.25) is 11.2 Å². The molecule has 0 bridgehead atoms. The maximum Gasteiger partial charge on any atom is 0.239 e. The van der Waals surface area contributed by atoms with Gasteiger partial charge in [-0.1, -0.05) is 13.8 Å². The van der Waals surface area contributed by atoms with Gasteiger partial charge in [-0.05, 0) is 59.0 Å². The number of hydrogen-bond donors (Lipinski definition) is 0. The maximum atomic E-state index is 13.8. The van der Waals surface area contributed by atoms with Gasteiger partial charge in [0.15, 0.2) is 17.3 Å². The van der Waals surface area contributed by atoms with E-state index in [1.54, 1.807) is 18.2 Å². The van der Waals surface area contributed by atoms with Crippen molar-refractivity contribution in [3.8, 4) is 40.1 Å². The fourth-order valence-corrected chi connectivity index (χ4v) is 4.09. The van der Waals surface area contributed by atoms with Crippen LogP contribution in [0.25, 0.3) is 22.3 Å². The summed E-state index contributed by atoms with van der Waals surface area (Å²) in [4.78, 5) is 16.1. The minimum absolute atomic E-state index is 0.124. The van der Waals surface area contributed by atoms with Crippen molar-refractivity contribution < 1.29 is 28.1 Å². The molecule has 3 rings (SSSR count). The number of benzene rings is 2. The zero-order chi connectivity index (χ0) is 26.8. The second kappa shape index (κ2) is 13.8. The van der Waals surface area contributed by atoms with E-state index in [1.165, 1.54) is 0 Å². The molecule has 0 amide bonds. The van der Waals surface area contributed by atoms with Gasteiger partial charge in [-0.15, -0.1) is 0 Å². The molecule has 0 fully saturated rings. The lowest BCUT2D eigenvalue weighted by molar-refractivity contribution is 0.223. The fraction of sp³-hybridized carbons (Fsp3) is 0.483. The molecule has 0 aliphatic heterocycles. The van der Waals surface area contributed by atoms with Crippen LogP contribution in [0.3, 0.4) is 0 Å². The Hall–Kier alpha value is -3.39. The Kier molecular flexibility index (Phi) is 10.5. The quantitative estimate of drug-likeness (QED) is 0.253. The van der Waals surface area contributed by atoms with Crippen LogP contribution in [0.4, 0.5) is 0 Å². The molecule has 3 aromatic rings. The second-order valence-electron chi connectivity index (χ2n) is 8.15. The summed E-state index contributed by atoms with van der Waals surface area (Å²) < 4.78 is 35.6. The van der Waals surface area contributed by atoms with Gasteiger partial charge in [0.05, 0.1) is 26.4 Å². The average molecular weight is 514 g/mol. The molecule has 1 heterocycles. The van der Waals surface area contributed by atoms with Gasteiger partial charge in [-0.3, -0.25) is 4.79 Å². The van der Waals surface area contributed by atoms with Crippen LogP contribution in [0.2, 0.25) is 0 Å². The monoisotopic (exact) mass is 513 g/mol. The minimum atomic E-state index is -0.300. The molecule has 202 valence electrons. The predicted octanol–water partition coefficient (Wildman–Crippen LogP) is 5.78. The maximum absolute atomic E-state index is 13.8. The van der Waals surface area contributed by atoms with Crippen molar-refractivity contribution in [2.45, 2.75) is 41.5 Å². The van der Waals surface area contributed by atoms with E-state index in [0.29, 0.717) is 78.3 Å². The van der Waals surface area contributed by atoms with Gasteiger partial charge < -0.3 is 33.0 Å². The SMILES string of the molecule is CCOc1cc(OCCN(CC)CC)c2c(=O)c(OCC)c(-c3ccc(OCC)c(OCC)c3)oc2c1. The van der Waals surface area contributed by atoms with Crippen LogP contribution in [0, 0.1) is 0 Å². The summed E-state index contributed by atoms with van der Waals surface area (Å²) in [5.41, 5.74) is 0.699. The molecule has 0 spiro atoms. The molecule has 0 aliphatic carbocycles. The summed E-state index contributed by atoms with van der Waals surface area (Å²) in [6.07, 6.45) is 0. The number of fused-ring (bicyclic) bond motifs is 1. The highest BCUT2D eigenvalue weighted by atomic mass is 16.5. The van der Waals surface area contributed by atoms with E-state index in [4.69, 9.17) is 28.1 Å². The van der Waals surface area contributed by atoms with Gasteiger partial charge in [0.25, 0.3) is 0 Å². The summed E-state index contributed by atoms with van der Waals surface area (Å²) in [6.45, 7) is 16.5. The molecular weight excluding hydrogens is 474 g/mol. The Morgan fingerprint density at radius 1 is 0.730 bits per heavy atom. The Labute approximate surface area is 219 Å². The van der Waals surface area contributed by atoms with Crippen LogP contribution >= 0.6 is 0 Å². The Balaban J connectivity index is 2.18. The van der Waals surface area contributed by atoms with Crippen LogP contribution in [0.1, 0.15) is 41.5 Å². The number of likely N-dealkylation sites (N-methyl/N-ethyl adjacent to an activating group) is 1. The molecule has 0 N–H and O–H groups in total. The van der Waals surface area contributed by atoms with E-state index in [1.807, 2.05) is 39.8 Å². The third-order valence-electron chi connectivity index (χ3n) is 5.86. The molecule has 37 heavy (non-hydrogen) atoms. The summed E-state index contributed by atoms with van der Waals surface area (Å²) >= 11 is 0. The summed E-state index contributed by atoms with van der Waals surface area (Å²) in [5.74, 6) is 2.60. The molecule has 0 atom stereocenters. The smallest absolute Gasteiger partial charge is 0.239 e.